The lowest BCUT2D eigenvalue weighted by molar-refractivity contribution is 0.453. The largest absolute Gasteiger partial charge is 0.356 e. The zero-order valence-electron chi connectivity index (χ0n) is 14.1. The van der Waals surface area contributed by atoms with Gasteiger partial charge in [0.1, 0.15) is 5.82 Å². The molecule has 7 nitrogen and oxygen atoms in total. The molecule has 1 aromatic carbocycles. The third kappa shape index (κ3) is 2.48. The van der Waals surface area contributed by atoms with Gasteiger partial charge in [0, 0.05) is 38.4 Å². The minimum atomic E-state index is -3.40. The van der Waals surface area contributed by atoms with Crippen molar-refractivity contribution in [3.05, 3.63) is 54.9 Å². The highest BCUT2D eigenvalue weighted by Gasteiger charge is 2.44. The number of aromatic nitrogens is 3. The molecule has 2 fully saturated rings. The van der Waals surface area contributed by atoms with Crippen molar-refractivity contribution in [1.29, 1.82) is 0 Å². The van der Waals surface area contributed by atoms with Crippen LogP contribution in [0, 0.1) is 11.8 Å². The molecule has 0 saturated carbocycles. The Bertz CT molecular complexity index is 1040. The first kappa shape index (κ1) is 15.8. The van der Waals surface area contributed by atoms with E-state index in [4.69, 9.17) is 0 Å². The summed E-state index contributed by atoms with van der Waals surface area (Å²) in [6.07, 6.45) is 3.65. The Balaban J connectivity index is 1.33. The lowest BCUT2D eigenvalue weighted by Gasteiger charge is -2.22. The number of sulfonamides is 1. The van der Waals surface area contributed by atoms with Crippen LogP contribution in [0.15, 0.2) is 59.8 Å². The number of hydrogen-bond donors (Lipinski definition) is 0. The maximum atomic E-state index is 12.8. The molecule has 2 aliphatic heterocycles. The highest BCUT2D eigenvalue weighted by atomic mass is 32.2. The number of hydrogen-bond acceptors (Lipinski definition) is 5. The maximum Gasteiger partial charge on any atom is 0.243 e. The van der Waals surface area contributed by atoms with Crippen LogP contribution in [0.5, 0.6) is 0 Å². The second-order valence-corrected chi connectivity index (χ2v) is 8.92. The average molecular weight is 369 g/mol. The van der Waals surface area contributed by atoms with E-state index in [0.29, 0.717) is 29.8 Å². The molecule has 5 rings (SSSR count). The third-order valence-electron chi connectivity index (χ3n) is 5.40. The first-order valence-electron chi connectivity index (χ1n) is 8.72. The molecule has 2 unspecified atom stereocenters. The van der Waals surface area contributed by atoms with E-state index in [0.717, 1.165) is 24.6 Å². The predicted molar refractivity (Wildman–Crippen MR) is 97.4 cm³/mol. The fourth-order valence-corrected chi connectivity index (χ4v) is 5.63. The third-order valence-corrected chi connectivity index (χ3v) is 7.25. The van der Waals surface area contributed by atoms with Gasteiger partial charge in [-0.05, 0) is 30.0 Å². The number of anilines is 1. The molecule has 2 aromatic heterocycles. The molecular weight excluding hydrogens is 350 g/mol. The molecule has 0 N–H and O–H groups in total. The monoisotopic (exact) mass is 369 g/mol. The van der Waals surface area contributed by atoms with E-state index in [9.17, 15) is 8.42 Å². The van der Waals surface area contributed by atoms with Crippen molar-refractivity contribution in [3.8, 4) is 0 Å². The number of fused-ring (bicyclic) bond motifs is 2. The molecule has 2 saturated heterocycles. The molecule has 0 bridgehead atoms. The van der Waals surface area contributed by atoms with Gasteiger partial charge in [0.05, 0.1) is 11.1 Å². The first-order chi connectivity index (χ1) is 12.6. The van der Waals surface area contributed by atoms with E-state index < -0.39 is 10.0 Å². The summed E-state index contributed by atoms with van der Waals surface area (Å²) in [6.45, 7) is 2.83. The van der Waals surface area contributed by atoms with Gasteiger partial charge in [-0.2, -0.15) is 9.40 Å². The van der Waals surface area contributed by atoms with Crippen molar-refractivity contribution in [2.75, 3.05) is 31.1 Å². The van der Waals surface area contributed by atoms with Crippen LogP contribution in [0.2, 0.25) is 0 Å². The molecule has 26 heavy (non-hydrogen) atoms. The van der Waals surface area contributed by atoms with Crippen molar-refractivity contribution in [2.24, 2.45) is 11.8 Å². The summed E-state index contributed by atoms with van der Waals surface area (Å²) in [5.74, 6) is 1.62. The van der Waals surface area contributed by atoms with Crippen molar-refractivity contribution in [1.82, 2.24) is 18.9 Å². The fourth-order valence-electron chi connectivity index (χ4n) is 4.05. The quantitative estimate of drug-likeness (QED) is 0.699. The van der Waals surface area contributed by atoms with Gasteiger partial charge in [-0.25, -0.2) is 17.9 Å². The molecule has 0 aliphatic carbocycles. The zero-order chi connectivity index (χ0) is 17.7. The Kier molecular flexibility index (Phi) is 3.51. The molecular formula is C18H19N5O2S. The lowest BCUT2D eigenvalue weighted by Crippen LogP contribution is -2.33. The average Bonchev–Trinajstić information content (AvgIpc) is 3.36. The molecule has 0 spiro atoms. The van der Waals surface area contributed by atoms with Gasteiger partial charge < -0.3 is 4.90 Å². The molecule has 4 heterocycles. The van der Waals surface area contributed by atoms with Crippen LogP contribution in [0.3, 0.4) is 0 Å². The van der Waals surface area contributed by atoms with Gasteiger partial charge in [-0.3, -0.25) is 0 Å². The molecule has 134 valence electrons. The summed E-state index contributed by atoms with van der Waals surface area (Å²) in [4.78, 5) is 7.29. The first-order valence-corrected chi connectivity index (χ1v) is 10.2. The van der Waals surface area contributed by atoms with E-state index >= 15 is 0 Å². The van der Waals surface area contributed by atoms with Crippen molar-refractivity contribution >= 4 is 21.5 Å². The highest BCUT2D eigenvalue weighted by Crippen LogP contribution is 2.35. The molecule has 2 aliphatic rings. The number of benzene rings is 1. The summed E-state index contributed by atoms with van der Waals surface area (Å²) in [6, 6.07) is 12.6. The van der Waals surface area contributed by atoms with E-state index in [1.54, 1.807) is 39.3 Å². The standard InChI is InChI=1S/C18H19N5O2S/c24-26(25,16-4-2-1-3-5-16)22-12-14-10-21(11-15(14)13-22)17-7-9-23-18(20-17)6-8-19-23/h1-9,14-15H,10-13H2. The van der Waals surface area contributed by atoms with E-state index in [-0.39, 0.29) is 0 Å². The van der Waals surface area contributed by atoms with Crippen molar-refractivity contribution in [2.45, 2.75) is 4.90 Å². The van der Waals surface area contributed by atoms with E-state index in [2.05, 4.69) is 15.0 Å². The van der Waals surface area contributed by atoms with Gasteiger partial charge >= 0.3 is 0 Å². The summed E-state index contributed by atoms with van der Waals surface area (Å²) in [5, 5.41) is 4.17. The Morgan fingerprint density at radius 2 is 1.65 bits per heavy atom. The minimum Gasteiger partial charge on any atom is -0.356 e. The zero-order valence-corrected chi connectivity index (χ0v) is 15.0. The number of rotatable bonds is 3. The smallest absolute Gasteiger partial charge is 0.243 e. The molecule has 8 heteroatoms. The van der Waals surface area contributed by atoms with E-state index in [1.165, 1.54) is 0 Å². The lowest BCUT2D eigenvalue weighted by atomic mass is 10.0. The van der Waals surface area contributed by atoms with Crippen LogP contribution in [0.1, 0.15) is 0 Å². The minimum absolute atomic E-state index is 0.344. The summed E-state index contributed by atoms with van der Waals surface area (Å²) in [7, 11) is -3.40. The summed E-state index contributed by atoms with van der Waals surface area (Å²) >= 11 is 0. The molecule has 0 radical (unpaired) electrons. The maximum absolute atomic E-state index is 12.8. The Morgan fingerprint density at radius 3 is 2.38 bits per heavy atom. The Labute approximate surface area is 151 Å². The van der Waals surface area contributed by atoms with Crippen LogP contribution in [-0.4, -0.2) is 53.5 Å². The SMILES string of the molecule is O=S(=O)(c1ccccc1)N1CC2CN(c3ccn4nccc4n3)CC2C1. The second-order valence-electron chi connectivity index (χ2n) is 6.98. The van der Waals surface area contributed by atoms with Crippen LogP contribution >= 0.6 is 0 Å². The molecule has 3 aromatic rings. The van der Waals surface area contributed by atoms with Crippen molar-refractivity contribution in [3.63, 3.8) is 0 Å². The van der Waals surface area contributed by atoms with Gasteiger partial charge in [0.2, 0.25) is 10.0 Å². The van der Waals surface area contributed by atoms with Crippen LogP contribution in [0.4, 0.5) is 5.82 Å². The predicted octanol–water partition coefficient (Wildman–Crippen LogP) is 1.49. The van der Waals surface area contributed by atoms with Crippen LogP contribution in [0.25, 0.3) is 5.65 Å². The Morgan fingerprint density at radius 1 is 0.923 bits per heavy atom. The fraction of sp³-hybridized carbons (Fsp3) is 0.333. The van der Waals surface area contributed by atoms with E-state index in [1.807, 2.05) is 24.4 Å². The summed E-state index contributed by atoms with van der Waals surface area (Å²) < 4.78 is 29.0. The Hall–Kier alpha value is -2.45. The topological polar surface area (TPSA) is 70.8 Å². The summed E-state index contributed by atoms with van der Waals surface area (Å²) in [5.41, 5.74) is 0.827. The van der Waals surface area contributed by atoms with Crippen LogP contribution in [-0.2, 0) is 10.0 Å². The van der Waals surface area contributed by atoms with Gasteiger partial charge in [0.15, 0.2) is 5.65 Å². The van der Waals surface area contributed by atoms with Gasteiger partial charge in [-0.1, -0.05) is 18.2 Å². The van der Waals surface area contributed by atoms with Crippen molar-refractivity contribution < 1.29 is 8.42 Å². The molecule has 2 atom stereocenters. The normalized spacial score (nSPS) is 23.6. The van der Waals surface area contributed by atoms with Gasteiger partial charge in [-0.15, -0.1) is 0 Å². The second kappa shape index (κ2) is 5.78. The van der Waals surface area contributed by atoms with Gasteiger partial charge in [0.25, 0.3) is 0 Å². The number of nitrogens with zero attached hydrogens (tertiary/aromatic N) is 5. The van der Waals surface area contributed by atoms with Crippen LogP contribution < -0.4 is 4.90 Å². The molecule has 0 amide bonds. The highest BCUT2D eigenvalue weighted by molar-refractivity contribution is 7.89.